The number of nitrogens with one attached hydrogen (secondary N) is 2. The van der Waals surface area contributed by atoms with E-state index in [-0.39, 0.29) is 10.7 Å². The van der Waals surface area contributed by atoms with Crippen LogP contribution in [0.4, 0.5) is 24.7 Å². The van der Waals surface area contributed by atoms with Crippen molar-refractivity contribution in [1.29, 1.82) is 0 Å². The van der Waals surface area contributed by atoms with E-state index in [0.29, 0.717) is 6.07 Å². The maximum absolute atomic E-state index is 13.5. The van der Waals surface area contributed by atoms with Crippen LogP contribution in [0.25, 0.3) is 0 Å². The third-order valence-corrected chi connectivity index (χ3v) is 3.83. The van der Waals surface area contributed by atoms with Gasteiger partial charge >= 0.3 is 0 Å². The van der Waals surface area contributed by atoms with Crippen molar-refractivity contribution in [3.8, 4) is 0 Å². The van der Waals surface area contributed by atoms with Crippen molar-refractivity contribution in [3.63, 3.8) is 0 Å². The second-order valence-electron chi connectivity index (χ2n) is 3.85. The summed E-state index contributed by atoms with van der Waals surface area (Å²) in [6, 6.07) is 3.59. The molecule has 0 saturated heterocycles. The third-order valence-electron chi connectivity index (χ3n) is 2.47. The van der Waals surface area contributed by atoms with E-state index in [1.807, 2.05) is 4.72 Å². The Morgan fingerprint density at radius 2 is 1.81 bits per heavy atom. The molecule has 112 valence electrons. The van der Waals surface area contributed by atoms with Gasteiger partial charge in [0.05, 0.1) is 10.6 Å². The summed E-state index contributed by atoms with van der Waals surface area (Å²) in [6.07, 6.45) is 1.16. The van der Waals surface area contributed by atoms with Gasteiger partial charge in [0, 0.05) is 12.3 Å². The summed E-state index contributed by atoms with van der Waals surface area (Å²) in [4.78, 5) is 3.43. The van der Waals surface area contributed by atoms with Gasteiger partial charge in [-0.15, -0.1) is 0 Å². The Kier molecular flexibility index (Phi) is 4.00. The topological polar surface area (TPSA) is 97.1 Å². The van der Waals surface area contributed by atoms with Crippen LogP contribution in [0.5, 0.6) is 0 Å². The minimum Gasteiger partial charge on any atom is -0.308 e. The number of hydrogen-bond donors (Lipinski definition) is 3. The maximum atomic E-state index is 13.5. The number of nitrogens with zero attached hydrogens (tertiary/aromatic N) is 1. The lowest BCUT2D eigenvalue weighted by Gasteiger charge is -2.10. The molecule has 0 aliphatic rings. The minimum atomic E-state index is -4.21. The van der Waals surface area contributed by atoms with Crippen molar-refractivity contribution in [2.45, 2.75) is 4.90 Å². The van der Waals surface area contributed by atoms with Gasteiger partial charge in [-0.1, -0.05) is 0 Å². The second-order valence-corrected chi connectivity index (χ2v) is 5.53. The van der Waals surface area contributed by atoms with E-state index in [1.54, 1.807) is 0 Å². The molecule has 2 rings (SSSR count). The highest BCUT2D eigenvalue weighted by atomic mass is 32.2. The monoisotopic (exact) mass is 318 g/mol. The Labute approximate surface area is 117 Å². The molecule has 1 aromatic carbocycles. The number of nitrogen functional groups attached to an aromatic ring is 1. The number of halogens is 3. The molecule has 0 radical (unpaired) electrons. The molecule has 0 amide bonds. The van der Waals surface area contributed by atoms with Crippen LogP contribution >= 0.6 is 0 Å². The molecule has 0 saturated carbocycles. The van der Waals surface area contributed by atoms with E-state index in [0.717, 1.165) is 24.4 Å². The van der Waals surface area contributed by atoms with Crippen LogP contribution in [0.2, 0.25) is 0 Å². The highest BCUT2D eigenvalue weighted by Crippen LogP contribution is 2.23. The first-order chi connectivity index (χ1) is 9.85. The van der Waals surface area contributed by atoms with Crippen LogP contribution in [0, 0.1) is 17.5 Å². The molecule has 0 aliphatic carbocycles. The zero-order valence-corrected chi connectivity index (χ0v) is 11.1. The first-order valence-electron chi connectivity index (χ1n) is 5.44. The summed E-state index contributed by atoms with van der Waals surface area (Å²) in [7, 11) is -4.21. The van der Waals surface area contributed by atoms with Crippen molar-refractivity contribution >= 4 is 21.5 Å². The largest absolute Gasteiger partial charge is 0.308 e. The average Bonchev–Trinajstić information content (AvgIpc) is 2.48. The van der Waals surface area contributed by atoms with Crippen LogP contribution in [0.15, 0.2) is 35.4 Å². The molecule has 0 fully saturated rings. The first-order valence-corrected chi connectivity index (χ1v) is 6.92. The number of pyridine rings is 1. The average molecular weight is 318 g/mol. The normalized spacial score (nSPS) is 11.2. The van der Waals surface area contributed by atoms with Gasteiger partial charge < -0.3 is 5.43 Å². The predicted octanol–water partition coefficient (Wildman–Crippen LogP) is 1.59. The van der Waals surface area contributed by atoms with E-state index in [9.17, 15) is 21.6 Å². The van der Waals surface area contributed by atoms with E-state index >= 15 is 0 Å². The summed E-state index contributed by atoms with van der Waals surface area (Å²) in [6.45, 7) is 0. The lowest BCUT2D eigenvalue weighted by Crippen LogP contribution is -2.16. The van der Waals surface area contributed by atoms with Crippen LogP contribution in [0.1, 0.15) is 0 Å². The molecule has 4 N–H and O–H groups in total. The second kappa shape index (κ2) is 5.58. The van der Waals surface area contributed by atoms with Crippen molar-refractivity contribution < 1.29 is 21.6 Å². The van der Waals surface area contributed by atoms with E-state index in [2.05, 4.69) is 10.4 Å². The number of nitrogens with two attached hydrogens (primary N) is 1. The van der Waals surface area contributed by atoms with Gasteiger partial charge in [0.1, 0.15) is 5.82 Å². The number of aromatic nitrogens is 1. The fourth-order valence-corrected chi connectivity index (χ4v) is 2.54. The first kappa shape index (κ1) is 15.1. The van der Waals surface area contributed by atoms with Gasteiger partial charge in [0.2, 0.25) is 0 Å². The number of hydrazine groups is 1. The van der Waals surface area contributed by atoms with Gasteiger partial charge in [-0.2, -0.15) is 0 Å². The minimum absolute atomic E-state index is 0.0589. The standard InChI is InChI=1S/C11H9F3N4O2S/c12-7-1-2-8(11(14)10(7)13)18-21(19,20)6-3-4-16-9(5-6)17-15/h1-5,18H,15H2,(H,16,17). The van der Waals surface area contributed by atoms with E-state index < -0.39 is 33.2 Å². The van der Waals surface area contributed by atoms with Crippen LogP contribution in [-0.4, -0.2) is 13.4 Å². The summed E-state index contributed by atoms with van der Waals surface area (Å²) in [5.41, 5.74) is 1.43. The van der Waals surface area contributed by atoms with Crippen LogP contribution < -0.4 is 16.0 Å². The summed E-state index contributed by atoms with van der Waals surface area (Å²) in [5, 5.41) is 0. The zero-order chi connectivity index (χ0) is 15.6. The summed E-state index contributed by atoms with van der Waals surface area (Å²) in [5.74, 6) is 0.329. The Hall–Kier alpha value is -2.33. The lowest BCUT2D eigenvalue weighted by molar-refractivity contribution is 0.449. The van der Waals surface area contributed by atoms with Crippen LogP contribution in [-0.2, 0) is 10.0 Å². The highest BCUT2D eigenvalue weighted by molar-refractivity contribution is 7.92. The van der Waals surface area contributed by atoms with Gasteiger partial charge in [-0.05, 0) is 18.2 Å². The molecule has 2 aromatic rings. The molecule has 0 unspecified atom stereocenters. The molecule has 21 heavy (non-hydrogen) atoms. The Balaban J connectivity index is 2.40. The number of benzene rings is 1. The number of anilines is 2. The van der Waals surface area contributed by atoms with Gasteiger partial charge in [-0.25, -0.2) is 32.4 Å². The summed E-state index contributed by atoms with van der Waals surface area (Å²) < 4.78 is 65.2. The molecule has 1 aromatic heterocycles. The van der Waals surface area contributed by atoms with Crippen LogP contribution in [0.3, 0.4) is 0 Å². The number of sulfonamides is 1. The fraction of sp³-hybridized carbons (Fsp3) is 0. The molecule has 0 bridgehead atoms. The van der Waals surface area contributed by atoms with E-state index in [1.165, 1.54) is 0 Å². The van der Waals surface area contributed by atoms with Gasteiger partial charge in [0.25, 0.3) is 10.0 Å². The van der Waals surface area contributed by atoms with Gasteiger partial charge in [0.15, 0.2) is 17.5 Å². The Morgan fingerprint density at radius 1 is 1.10 bits per heavy atom. The highest BCUT2D eigenvalue weighted by Gasteiger charge is 2.20. The Bertz CT molecular complexity index is 783. The molecule has 10 heteroatoms. The van der Waals surface area contributed by atoms with Gasteiger partial charge in [-0.3, -0.25) is 4.72 Å². The Morgan fingerprint density at radius 3 is 2.48 bits per heavy atom. The maximum Gasteiger partial charge on any atom is 0.262 e. The van der Waals surface area contributed by atoms with Crippen molar-refractivity contribution in [1.82, 2.24) is 4.98 Å². The molecule has 0 spiro atoms. The number of rotatable bonds is 4. The van der Waals surface area contributed by atoms with Crippen molar-refractivity contribution in [2.75, 3.05) is 10.1 Å². The molecule has 1 heterocycles. The molecular formula is C11H9F3N4O2S. The lowest BCUT2D eigenvalue weighted by atomic mass is 10.3. The zero-order valence-electron chi connectivity index (χ0n) is 10.3. The van der Waals surface area contributed by atoms with E-state index in [4.69, 9.17) is 5.84 Å². The smallest absolute Gasteiger partial charge is 0.262 e. The molecule has 0 aliphatic heterocycles. The fourth-order valence-electron chi connectivity index (χ4n) is 1.47. The predicted molar refractivity (Wildman–Crippen MR) is 69.2 cm³/mol. The number of hydrogen-bond acceptors (Lipinski definition) is 5. The molecular weight excluding hydrogens is 309 g/mol. The third kappa shape index (κ3) is 3.06. The van der Waals surface area contributed by atoms with Crippen molar-refractivity contribution in [2.24, 2.45) is 5.84 Å². The quantitative estimate of drug-likeness (QED) is 0.452. The molecule has 0 atom stereocenters. The summed E-state index contributed by atoms with van der Waals surface area (Å²) >= 11 is 0. The SMILES string of the molecule is NNc1cc(S(=O)(=O)Nc2ccc(F)c(F)c2F)ccn1. The molecule has 6 nitrogen and oxygen atoms in total. The van der Waals surface area contributed by atoms with Crippen molar-refractivity contribution in [3.05, 3.63) is 47.9 Å².